The van der Waals surface area contributed by atoms with E-state index in [1.807, 2.05) is 6.08 Å². The highest BCUT2D eigenvalue weighted by atomic mass is 16.8. The first-order chi connectivity index (χ1) is 41.4. The van der Waals surface area contributed by atoms with E-state index >= 15 is 0 Å². The number of carboxylic acids is 1. The highest BCUT2D eigenvalue weighted by Gasteiger charge is 2.60. The van der Waals surface area contributed by atoms with Crippen molar-refractivity contribution in [2.45, 2.75) is 317 Å². The number of hydrogen-bond donors (Lipinski definition) is 14. The van der Waals surface area contributed by atoms with Crippen molar-refractivity contribution in [2.75, 3.05) is 26.4 Å². The number of rotatable bonds is 47. The molecule has 0 aromatic heterocycles. The lowest BCUT2D eigenvalue weighted by molar-refractivity contribution is -0.386. The molecule has 18 atom stereocenters. The second-order valence-electron chi connectivity index (χ2n) is 23.7. The van der Waals surface area contributed by atoms with Crippen LogP contribution >= 0.6 is 0 Å². The largest absolute Gasteiger partial charge is 0.477 e. The SMILES string of the molecule is CCCCC/C=C\C=C/CCCCCCCCC(=O)NC(COC1OC(CO)C(OC2OC(CO)C(O)C(OC3(C(=O)O)CC(O)C(NC(C)=O)C(C(O)C(O)CO)O3)C2O)C(O)C1O)C(O)/C=C/CCCCCCCCCCCCCCCCC. The molecule has 23 nitrogen and oxygen atoms in total. The molecule has 3 heterocycles. The van der Waals surface area contributed by atoms with Gasteiger partial charge in [0, 0.05) is 19.8 Å². The van der Waals surface area contributed by atoms with Crippen molar-refractivity contribution in [1.82, 2.24) is 10.6 Å². The molecule has 86 heavy (non-hydrogen) atoms. The highest BCUT2D eigenvalue weighted by molar-refractivity contribution is 5.77. The first-order valence-electron chi connectivity index (χ1n) is 32.4. The number of unbranched alkanes of at least 4 members (excludes halogenated alkanes) is 24. The van der Waals surface area contributed by atoms with Crippen molar-refractivity contribution in [3.8, 4) is 0 Å². The third-order valence-corrected chi connectivity index (χ3v) is 16.3. The van der Waals surface area contributed by atoms with E-state index in [1.54, 1.807) is 6.08 Å². The molecule has 500 valence electrons. The van der Waals surface area contributed by atoms with Gasteiger partial charge in [0.2, 0.25) is 11.8 Å². The van der Waals surface area contributed by atoms with Gasteiger partial charge in [0.1, 0.15) is 67.1 Å². The van der Waals surface area contributed by atoms with E-state index in [-0.39, 0.29) is 12.3 Å². The minimum atomic E-state index is -3.08. The van der Waals surface area contributed by atoms with Gasteiger partial charge in [-0.25, -0.2) is 4.79 Å². The van der Waals surface area contributed by atoms with Crippen molar-refractivity contribution in [2.24, 2.45) is 0 Å². The molecule has 18 unspecified atom stereocenters. The van der Waals surface area contributed by atoms with Crippen LogP contribution in [0.3, 0.4) is 0 Å². The van der Waals surface area contributed by atoms with Gasteiger partial charge >= 0.3 is 5.97 Å². The molecular formula is C63H112N2O21. The topological polar surface area (TPSA) is 373 Å². The van der Waals surface area contributed by atoms with Crippen molar-refractivity contribution in [3.05, 3.63) is 36.5 Å². The zero-order chi connectivity index (χ0) is 63.3. The van der Waals surface area contributed by atoms with Crippen LogP contribution in [0.4, 0.5) is 0 Å². The van der Waals surface area contributed by atoms with Gasteiger partial charge in [-0.2, -0.15) is 0 Å². The predicted octanol–water partition coefficient (Wildman–Crippen LogP) is 4.28. The lowest BCUT2D eigenvalue weighted by Gasteiger charge is -2.50. The summed E-state index contributed by atoms with van der Waals surface area (Å²) in [6.07, 6.45) is 13.4. The standard InChI is InChI=1S/C63H112N2O21/c1-4-6-8-10-12-14-16-18-20-21-23-24-26-28-30-32-34-36-45(70)44(65-50(73)37-35-33-31-29-27-25-22-19-17-15-13-11-9-7-5-2)42-81-60-55(77)54(76)57(49(41-68)83-60)84-61-56(78)59(53(75)48(40-67)82-61)86-63(62(79)80)38-46(71)51(64-43(3)69)58(85-63)52(74)47(72)39-66/h13,15,17,19,34,36,44-49,51-61,66-68,70-72,74-78H,4-12,14,16,18,20-33,35,37-42H2,1-3H3,(H,64,69)(H,65,73)(H,79,80)/b15-13-,19-17-,36-34+. The monoisotopic (exact) mass is 1230 g/mol. The molecule has 0 radical (unpaired) electrons. The number of aliphatic carboxylic acids is 1. The maximum absolute atomic E-state index is 13.4. The summed E-state index contributed by atoms with van der Waals surface area (Å²) in [5, 5.41) is 136. The highest BCUT2D eigenvalue weighted by Crippen LogP contribution is 2.38. The summed E-state index contributed by atoms with van der Waals surface area (Å²) in [6.45, 7) is 2.07. The quantitative estimate of drug-likeness (QED) is 0.0230. The van der Waals surface area contributed by atoms with Crippen molar-refractivity contribution < 1.29 is 104 Å². The third-order valence-electron chi connectivity index (χ3n) is 16.3. The van der Waals surface area contributed by atoms with E-state index < -0.39 is 155 Å². The molecule has 3 aliphatic rings. The molecule has 3 fully saturated rings. The Morgan fingerprint density at radius 2 is 1.12 bits per heavy atom. The molecule has 0 aromatic rings. The van der Waals surface area contributed by atoms with E-state index in [2.05, 4.69) is 48.8 Å². The minimum Gasteiger partial charge on any atom is -0.477 e. The Morgan fingerprint density at radius 1 is 0.616 bits per heavy atom. The minimum absolute atomic E-state index is 0.186. The summed E-state index contributed by atoms with van der Waals surface area (Å²) in [5.74, 6) is -6.16. The van der Waals surface area contributed by atoms with Gasteiger partial charge in [-0.3, -0.25) is 9.59 Å². The molecule has 2 amide bonds. The number of nitrogens with one attached hydrogen (secondary N) is 2. The van der Waals surface area contributed by atoms with Gasteiger partial charge in [-0.1, -0.05) is 179 Å². The number of aliphatic hydroxyl groups is 11. The van der Waals surface area contributed by atoms with E-state index in [9.17, 15) is 75.7 Å². The van der Waals surface area contributed by atoms with Gasteiger partial charge < -0.3 is 100 Å². The molecule has 0 spiro atoms. The lowest BCUT2D eigenvalue weighted by Crippen LogP contribution is -2.70. The predicted molar refractivity (Wildman–Crippen MR) is 320 cm³/mol. The van der Waals surface area contributed by atoms with Crippen LogP contribution in [0.25, 0.3) is 0 Å². The van der Waals surface area contributed by atoms with Crippen LogP contribution < -0.4 is 10.6 Å². The molecule has 23 heteroatoms. The van der Waals surface area contributed by atoms with Crippen LogP contribution in [-0.4, -0.2) is 215 Å². The Labute approximate surface area is 510 Å². The number of hydrogen-bond acceptors (Lipinski definition) is 20. The smallest absolute Gasteiger partial charge is 0.364 e. The molecule has 3 aliphatic heterocycles. The van der Waals surface area contributed by atoms with Crippen LogP contribution in [0, 0.1) is 0 Å². The van der Waals surface area contributed by atoms with Crippen LogP contribution in [0.15, 0.2) is 36.5 Å². The molecule has 14 N–H and O–H groups in total. The Balaban J connectivity index is 1.65. The number of carbonyl (C=O) groups excluding carboxylic acids is 2. The normalized spacial score (nSPS) is 29.6. The lowest BCUT2D eigenvalue weighted by atomic mass is 9.88. The number of amides is 2. The fourth-order valence-corrected chi connectivity index (χ4v) is 11.1. The number of aliphatic hydroxyl groups excluding tert-OH is 11. The number of ether oxygens (including phenoxy) is 6. The van der Waals surface area contributed by atoms with E-state index in [4.69, 9.17) is 28.4 Å². The zero-order valence-corrected chi connectivity index (χ0v) is 51.7. The van der Waals surface area contributed by atoms with Crippen LogP contribution in [0.1, 0.15) is 207 Å². The van der Waals surface area contributed by atoms with Crippen LogP contribution in [0.5, 0.6) is 0 Å². The van der Waals surface area contributed by atoms with Gasteiger partial charge in [-0.15, -0.1) is 0 Å². The van der Waals surface area contributed by atoms with E-state index in [0.717, 1.165) is 71.1 Å². The average Bonchev–Trinajstić information content (AvgIpc) is 1.23. The molecule has 0 saturated carbocycles. The molecule has 0 bridgehead atoms. The fourth-order valence-electron chi connectivity index (χ4n) is 11.1. The van der Waals surface area contributed by atoms with Gasteiger partial charge in [0.15, 0.2) is 12.6 Å². The maximum Gasteiger partial charge on any atom is 0.364 e. The summed E-state index contributed by atoms with van der Waals surface area (Å²) < 4.78 is 34.7. The van der Waals surface area contributed by atoms with Crippen LogP contribution in [-0.2, 0) is 42.8 Å². The first kappa shape index (κ1) is 77.2. The summed E-state index contributed by atoms with van der Waals surface area (Å²) in [5.41, 5.74) is 0. The first-order valence-corrected chi connectivity index (χ1v) is 32.4. The van der Waals surface area contributed by atoms with Crippen molar-refractivity contribution in [3.63, 3.8) is 0 Å². The molecular weight excluding hydrogens is 1120 g/mol. The Hall–Kier alpha value is -3.05. The molecule has 0 aliphatic carbocycles. The van der Waals surface area contributed by atoms with Crippen molar-refractivity contribution in [1.29, 1.82) is 0 Å². The van der Waals surface area contributed by atoms with Crippen molar-refractivity contribution >= 4 is 17.8 Å². The molecule has 3 rings (SSSR count). The van der Waals surface area contributed by atoms with E-state index in [0.29, 0.717) is 12.8 Å². The Bertz CT molecular complexity index is 1900. The summed E-state index contributed by atoms with van der Waals surface area (Å²) in [7, 11) is 0. The summed E-state index contributed by atoms with van der Waals surface area (Å²) in [4.78, 5) is 38.4. The van der Waals surface area contributed by atoms with Gasteiger partial charge in [-0.05, 0) is 44.9 Å². The Kier molecular flexibility index (Phi) is 39.9. The van der Waals surface area contributed by atoms with Gasteiger partial charge in [0.05, 0.1) is 50.7 Å². The average molecular weight is 1230 g/mol. The third kappa shape index (κ3) is 27.6. The second-order valence-corrected chi connectivity index (χ2v) is 23.7. The van der Waals surface area contributed by atoms with Gasteiger partial charge in [0.25, 0.3) is 5.79 Å². The molecule has 0 aromatic carbocycles. The van der Waals surface area contributed by atoms with E-state index in [1.165, 1.54) is 96.3 Å². The number of carboxylic acid groups (broad SMARTS) is 1. The fraction of sp³-hybridized carbons (Fsp3) is 0.857. The second kappa shape index (κ2) is 44.4. The van der Waals surface area contributed by atoms with Crippen LogP contribution in [0.2, 0.25) is 0 Å². The summed E-state index contributed by atoms with van der Waals surface area (Å²) >= 11 is 0. The number of carbonyl (C=O) groups is 3. The maximum atomic E-state index is 13.4. The number of allylic oxidation sites excluding steroid dienone is 5. The zero-order valence-electron chi connectivity index (χ0n) is 51.7. The molecule has 3 saturated heterocycles. The summed E-state index contributed by atoms with van der Waals surface area (Å²) in [6, 6.07) is -2.63. The Morgan fingerprint density at radius 3 is 1.64 bits per heavy atom.